The van der Waals surface area contributed by atoms with Crippen molar-refractivity contribution in [3.05, 3.63) is 35.4 Å². The standard InChI is InChI=1S/C21H37N5O/c1-6-22-20(24-17-21(2,3)25(4)5)23-15-18-9-7-8-10-19(18)16-26-11-13-27-14-12-26/h7-10H,6,11-17H2,1-5H3,(H2,22,23,24). The van der Waals surface area contributed by atoms with E-state index in [1.165, 1.54) is 11.1 Å². The zero-order valence-corrected chi connectivity index (χ0v) is 17.7. The van der Waals surface area contributed by atoms with Crippen LogP contribution in [-0.2, 0) is 17.8 Å². The number of benzene rings is 1. The first kappa shape index (κ1) is 21.7. The number of hydrogen-bond donors (Lipinski definition) is 2. The molecule has 1 heterocycles. The van der Waals surface area contributed by atoms with E-state index < -0.39 is 0 Å². The average Bonchev–Trinajstić information content (AvgIpc) is 2.66. The van der Waals surface area contributed by atoms with E-state index >= 15 is 0 Å². The molecule has 1 aliphatic heterocycles. The van der Waals surface area contributed by atoms with Gasteiger partial charge < -0.3 is 20.3 Å². The predicted octanol–water partition coefficient (Wildman–Crippen LogP) is 1.91. The lowest BCUT2D eigenvalue weighted by molar-refractivity contribution is 0.0341. The fraction of sp³-hybridized carbons (Fsp3) is 0.667. The first-order valence-electron chi connectivity index (χ1n) is 9.99. The molecule has 152 valence electrons. The van der Waals surface area contributed by atoms with E-state index in [0.29, 0.717) is 6.54 Å². The SMILES string of the molecule is CCNC(=NCc1ccccc1CN1CCOCC1)NCC(C)(C)N(C)C. The normalized spacial score (nSPS) is 16.6. The minimum atomic E-state index is 0.0600. The van der Waals surface area contributed by atoms with E-state index in [2.05, 4.69) is 79.6 Å². The Bertz CT molecular complexity index is 594. The van der Waals surface area contributed by atoms with Gasteiger partial charge in [-0.1, -0.05) is 24.3 Å². The number of hydrogen-bond acceptors (Lipinski definition) is 4. The van der Waals surface area contributed by atoms with Crippen LogP contribution in [0.5, 0.6) is 0 Å². The fourth-order valence-electron chi connectivity index (χ4n) is 2.83. The van der Waals surface area contributed by atoms with Gasteiger partial charge in [0, 0.05) is 38.3 Å². The summed E-state index contributed by atoms with van der Waals surface area (Å²) < 4.78 is 5.46. The van der Waals surface area contributed by atoms with Crippen molar-refractivity contribution in [3.8, 4) is 0 Å². The van der Waals surface area contributed by atoms with Crippen LogP contribution in [0.2, 0.25) is 0 Å². The minimum Gasteiger partial charge on any atom is -0.379 e. The third-order valence-electron chi connectivity index (χ3n) is 5.27. The molecular formula is C21H37N5O. The van der Waals surface area contributed by atoms with Crippen LogP contribution in [0.25, 0.3) is 0 Å². The highest BCUT2D eigenvalue weighted by molar-refractivity contribution is 5.79. The molecule has 0 bridgehead atoms. The predicted molar refractivity (Wildman–Crippen MR) is 113 cm³/mol. The molecule has 0 spiro atoms. The number of morpholine rings is 1. The first-order chi connectivity index (χ1) is 12.9. The van der Waals surface area contributed by atoms with Crippen molar-refractivity contribution in [1.82, 2.24) is 20.4 Å². The minimum absolute atomic E-state index is 0.0600. The molecule has 1 aromatic rings. The molecule has 1 aromatic carbocycles. The average molecular weight is 376 g/mol. The fourth-order valence-corrected chi connectivity index (χ4v) is 2.83. The third kappa shape index (κ3) is 7.13. The van der Waals surface area contributed by atoms with Crippen LogP contribution < -0.4 is 10.6 Å². The van der Waals surface area contributed by atoms with Gasteiger partial charge in [-0.05, 0) is 46.0 Å². The Morgan fingerprint density at radius 3 is 2.44 bits per heavy atom. The zero-order chi connectivity index (χ0) is 19.7. The van der Waals surface area contributed by atoms with Gasteiger partial charge in [0.15, 0.2) is 5.96 Å². The second kappa shape index (κ2) is 10.6. The number of ether oxygens (including phenoxy) is 1. The molecule has 0 radical (unpaired) electrons. The Morgan fingerprint density at radius 1 is 1.15 bits per heavy atom. The summed E-state index contributed by atoms with van der Waals surface area (Å²) >= 11 is 0. The lowest BCUT2D eigenvalue weighted by Gasteiger charge is -2.33. The molecule has 2 rings (SSSR count). The molecule has 0 aliphatic carbocycles. The van der Waals surface area contributed by atoms with Crippen LogP contribution in [0.3, 0.4) is 0 Å². The molecule has 0 unspecified atom stereocenters. The van der Waals surface area contributed by atoms with Gasteiger partial charge in [-0.2, -0.15) is 0 Å². The van der Waals surface area contributed by atoms with Crippen LogP contribution in [0.1, 0.15) is 31.9 Å². The van der Waals surface area contributed by atoms with E-state index in [1.54, 1.807) is 0 Å². The molecule has 27 heavy (non-hydrogen) atoms. The quantitative estimate of drug-likeness (QED) is 0.537. The van der Waals surface area contributed by atoms with E-state index in [9.17, 15) is 0 Å². The Kier molecular flexibility index (Phi) is 8.54. The maximum Gasteiger partial charge on any atom is 0.191 e. The molecule has 6 heteroatoms. The van der Waals surface area contributed by atoms with E-state index in [4.69, 9.17) is 9.73 Å². The highest BCUT2D eigenvalue weighted by atomic mass is 16.5. The number of likely N-dealkylation sites (N-methyl/N-ethyl adjacent to an activating group) is 1. The van der Waals surface area contributed by atoms with Gasteiger partial charge in [0.1, 0.15) is 0 Å². The summed E-state index contributed by atoms with van der Waals surface area (Å²) in [6, 6.07) is 8.62. The van der Waals surface area contributed by atoms with Crippen LogP contribution in [0.15, 0.2) is 29.3 Å². The van der Waals surface area contributed by atoms with Crippen molar-refractivity contribution in [2.75, 3.05) is 53.5 Å². The number of aliphatic imine (C=N–C) groups is 1. The lowest BCUT2D eigenvalue weighted by Crippen LogP contribution is -2.50. The summed E-state index contributed by atoms with van der Waals surface area (Å²) in [4.78, 5) is 9.51. The van der Waals surface area contributed by atoms with Crippen LogP contribution in [0, 0.1) is 0 Å². The summed E-state index contributed by atoms with van der Waals surface area (Å²) in [6.07, 6.45) is 0. The smallest absolute Gasteiger partial charge is 0.191 e. The highest BCUT2D eigenvalue weighted by Gasteiger charge is 2.20. The van der Waals surface area contributed by atoms with Crippen molar-refractivity contribution < 1.29 is 4.74 Å². The van der Waals surface area contributed by atoms with E-state index in [0.717, 1.165) is 51.9 Å². The number of guanidine groups is 1. The van der Waals surface area contributed by atoms with Gasteiger partial charge in [-0.15, -0.1) is 0 Å². The van der Waals surface area contributed by atoms with Crippen molar-refractivity contribution in [2.24, 2.45) is 4.99 Å². The largest absolute Gasteiger partial charge is 0.379 e. The topological polar surface area (TPSA) is 52.1 Å². The van der Waals surface area contributed by atoms with Crippen LogP contribution >= 0.6 is 0 Å². The zero-order valence-electron chi connectivity index (χ0n) is 17.7. The number of rotatable bonds is 8. The molecule has 1 fully saturated rings. The molecule has 0 aromatic heterocycles. The van der Waals surface area contributed by atoms with Crippen molar-refractivity contribution >= 4 is 5.96 Å². The van der Waals surface area contributed by atoms with Crippen molar-refractivity contribution in [2.45, 2.75) is 39.4 Å². The van der Waals surface area contributed by atoms with Crippen LogP contribution in [-0.4, -0.2) is 74.8 Å². The van der Waals surface area contributed by atoms with Crippen molar-refractivity contribution in [1.29, 1.82) is 0 Å². The molecule has 1 aliphatic rings. The Morgan fingerprint density at radius 2 is 1.81 bits per heavy atom. The van der Waals surface area contributed by atoms with Gasteiger partial charge in [0.05, 0.1) is 19.8 Å². The van der Waals surface area contributed by atoms with Crippen molar-refractivity contribution in [3.63, 3.8) is 0 Å². The summed E-state index contributed by atoms with van der Waals surface area (Å²) in [5.41, 5.74) is 2.70. The molecule has 6 nitrogen and oxygen atoms in total. The van der Waals surface area contributed by atoms with Crippen LogP contribution in [0.4, 0.5) is 0 Å². The number of nitrogens with one attached hydrogen (secondary N) is 2. The molecular weight excluding hydrogens is 338 g/mol. The summed E-state index contributed by atoms with van der Waals surface area (Å²) in [5.74, 6) is 0.869. The van der Waals surface area contributed by atoms with Gasteiger partial charge in [0.2, 0.25) is 0 Å². The van der Waals surface area contributed by atoms with E-state index in [-0.39, 0.29) is 5.54 Å². The molecule has 0 amide bonds. The second-order valence-corrected chi connectivity index (χ2v) is 7.91. The Balaban J connectivity index is 2.02. The number of nitrogens with zero attached hydrogens (tertiary/aromatic N) is 3. The van der Waals surface area contributed by atoms with Gasteiger partial charge in [0.25, 0.3) is 0 Å². The summed E-state index contributed by atoms with van der Waals surface area (Å²) in [6.45, 7) is 13.5. The maximum absolute atomic E-state index is 5.46. The molecule has 0 saturated carbocycles. The maximum atomic E-state index is 5.46. The van der Waals surface area contributed by atoms with Gasteiger partial charge in [-0.3, -0.25) is 4.90 Å². The second-order valence-electron chi connectivity index (χ2n) is 7.91. The summed E-state index contributed by atoms with van der Waals surface area (Å²) in [5, 5.41) is 6.84. The third-order valence-corrected chi connectivity index (χ3v) is 5.27. The molecule has 2 N–H and O–H groups in total. The van der Waals surface area contributed by atoms with E-state index in [1.807, 2.05) is 0 Å². The Labute approximate surface area is 165 Å². The first-order valence-corrected chi connectivity index (χ1v) is 9.99. The highest BCUT2D eigenvalue weighted by Crippen LogP contribution is 2.14. The summed E-state index contributed by atoms with van der Waals surface area (Å²) in [7, 11) is 4.21. The monoisotopic (exact) mass is 375 g/mol. The Hall–Kier alpha value is -1.63. The molecule has 0 atom stereocenters. The van der Waals surface area contributed by atoms with Gasteiger partial charge in [-0.25, -0.2) is 4.99 Å². The van der Waals surface area contributed by atoms with Gasteiger partial charge >= 0.3 is 0 Å². The lowest BCUT2D eigenvalue weighted by atomic mass is 10.0. The molecule has 1 saturated heterocycles.